The number of carbonyl (C=O) groups is 2. The molecule has 0 aliphatic carbocycles. The number of aryl methyl sites for hydroxylation is 1. The molecule has 1 amide bonds. The van der Waals surface area contributed by atoms with Gasteiger partial charge in [-0.3, -0.25) is 14.5 Å². The van der Waals surface area contributed by atoms with E-state index >= 15 is 8.78 Å². The first-order valence-electron chi connectivity index (χ1n) is 10.9. The number of anilines is 1. The van der Waals surface area contributed by atoms with Gasteiger partial charge < -0.3 is 10.1 Å². The van der Waals surface area contributed by atoms with E-state index in [0.29, 0.717) is 16.6 Å². The smallest absolute Gasteiger partial charge is 0.435 e. The van der Waals surface area contributed by atoms with E-state index in [0.717, 1.165) is 16.8 Å². The van der Waals surface area contributed by atoms with Crippen molar-refractivity contribution in [2.45, 2.75) is 38.7 Å². The quantitative estimate of drug-likeness (QED) is 0.377. The van der Waals surface area contributed by atoms with E-state index in [4.69, 9.17) is 16.3 Å². The van der Waals surface area contributed by atoms with Gasteiger partial charge in [0.25, 0.3) is 0 Å². The minimum absolute atomic E-state index is 0.0324. The maximum absolute atomic E-state index is 15.0. The summed E-state index contributed by atoms with van der Waals surface area (Å²) in [7, 11) is 1.72. The van der Waals surface area contributed by atoms with Crippen molar-refractivity contribution in [1.29, 1.82) is 0 Å². The van der Waals surface area contributed by atoms with Crippen LogP contribution in [0, 0.1) is 11.6 Å². The molecule has 1 atom stereocenters. The Morgan fingerprint density at radius 2 is 1.81 bits per heavy atom. The molecule has 3 heterocycles. The summed E-state index contributed by atoms with van der Waals surface area (Å²) in [4.78, 5) is 28.8. The Labute approximate surface area is 210 Å². The largest absolute Gasteiger partial charge is 0.442 e. The summed E-state index contributed by atoms with van der Waals surface area (Å²) in [6.45, 7) is 6.61. The lowest BCUT2D eigenvalue weighted by molar-refractivity contribution is -0.115. The van der Waals surface area contributed by atoms with E-state index < -0.39 is 40.2 Å². The van der Waals surface area contributed by atoms with Gasteiger partial charge in [0, 0.05) is 29.9 Å². The lowest BCUT2D eigenvalue weighted by Gasteiger charge is -2.19. The molecule has 0 saturated heterocycles. The van der Waals surface area contributed by atoms with E-state index in [2.05, 4.69) is 20.5 Å². The first-order chi connectivity index (χ1) is 16.8. The van der Waals surface area contributed by atoms with Crippen molar-refractivity contribution in [2.24, 2.45) is 7.05 Å². The molecule has 4 aromatic rings. The predicted molar refractivity (Wildman–Crippen MR) is 131 cm³/mol. The second kappa shape index (κ2) is 9.30. The van der Waals surface area contributed by atoms with Gasteiger partial charge in [-0.2, -0.15) is 14.9 Å². The molecule has 0 aliphatic heterocycles. The maximum atomic E-state index is 15.0. The molecule has 12 heteroatoms. The first-order valence-corrected chi connectivity index (χ1v) is 11.3. The minimum Gasteiger partial charge on any atom is -0.442 e. The molecule has 188 valence electrons. The molecule has 4 rings (SSSR count). The number of nitrogens with one attached hydrogen (secondary N) is 1. The molecule has 36 heavy (non-hydrogen) atoms. The standard InChI is InChI=1S/C24H23ClF2N6O3/c1-12(25)22(34)30-14-6-16(26)20(17(27)7-14)18-8-15-19(10-28-18)33(23(35)36-24(2,3)4)31-21(15)13-9-29-32(5)11-13/h6-12H,1-5H3,(H,30,34). The molecule has 1 N–H and O–H groups in total. The van der Waals surface area contributed by atoms with Gasteiger partial charge in [-0.15, -0.1) is 11.6 Å². The number of halogens is 3. The fourth-order valence-electron chi connectivity index (χ4n) is 3.48. The van der Waals surface area contributed by atoms with Gasteiger partial charge in [-0.25, -0.2) is 13.6 Å². The van der Waals surface area contributed by atoms with Crippen LogP contribution < -0.4 is 5.32 Å². The predicted octanol–water partition coefficient (Wildman–Crippen LogP) is 5.13. The van der Waals surface area contributed by atoms with Crippen molar-refractivity contribution in [3.63, 3.8) is 0 Å². The van der Waals surface area contributed by atoms with Crippen molar-refractivity contribution in [1.82, 2.24) is 24.5 Å². The van der Waals surface area contributed by atoms with Crippen molar-refractivity contribution in [3.05, 3.63) is 48.4 Å². The van der Waals surface area contributed by atoms with Crippen LogP contribution in [0.4, 0.5) is 19.3 Å². The monoisotopic (exact) mass is 516 g/mol. The number of pyridine rings is 1. The molecule has 1 unspecified atom stereocenters. The van der Waals surface area contributed by atoms with E-state index in [1.165, 1.54) is 19.2 Å². The molecule has 0 radical (unpaired) electrons. The van der Waals surface area contributed by atoms with Crippen LogP contribution in [-0.4, -0.2) is 47.5 Å². The zero-order valence-corrected chi connectivity index (χ0v) is 20.9. The van der Waals surface area contributed by atoms with Crippen molar-refractivity contribution < 1.29 is 23.1 Å². The summed E-state index contributed by atoms with van der Waals surface area (Å²) in [6, 6.07) is 3.40. The molecule has 0 spiro atoms. The second-order valence-corrected chi connectivity index (χ2v) is 9.80. The Balaban J connectivity index is 1.85. The van der Waals surface area contributed by atoms with Crippen LogP contribution in [0.2, 0.25) is 0 Å². The van der Waals surface area contributed by atoms with Crippen molar-refractivity contribution in [3.8, 4) is 22.5 Å². The van der Waals surface area contributed by atoms with Gasteiger partial charge in [-0.05, 0) is 45.9 Å². The van der Waals surface area contributed by atoms with E-state index in [9.17, 15) is 9.59 Å². The number of hydrogen-bond acceptors (Lipinski definition) is 6. The molecule has 0 aliphatic rings. The zero-order chi connectivity index (χ0) is 26.4. The number of aromatic nitrogens is 5. The second-order valence-electron chi connectivity index (χ2n) is 9.15. The zero-order valence-electron chi connectivity index (χ0n) is 20.1. The van der Waals surface area contributed by atoms with Gasteiger partial charge in [-0.1, -0.05) is 0 Å². The number of ether oxygens (including phenoxy) is 1. The maximum Gasteiger partial charge on any atom is 0.435 e. The van der Waals surface area contributed by atoms with Crippen LogP contribution in [0.3, 0.4) is 0 Å². The third-order valence-corrected chi connectivity index (χ3v) is 5.24. The molecule has 0 bridgehead atoms. The summed E-state index contributed by atoms with van der Waals surface area (Å²) >= 11 is 5.71. The fourth-order valence-corrected chi connectivity index (χ4v) is 3.54. The molecule has 1 aromatic carbocycles. The highest BCUT2D eigenvalue weighted by atomic mass is 35.5. The first kappa shape index (κ1) is 25.2. The van der Waals surface area contributed by atoms with Crippen LogP contribution in [0.25, 0.3) is 33.4 Å². The van der Waals surface area contributed by atoms with Gasteiger partial charge in [0.2, 0.25) is 5.91 Å². The summed E-state index contributed by atoms with van der Waals surface area (Å²) in [5, 5.41) is 10.4. The summed E-state index contributed by atoms with van der Waals surface area (Å²) in [5.74, 6) is -2.48. The Kier molecular flexibility index (Phi) is 6.52. The average Bonchev–Trinajstić information content (AvgIpc) is 3.35. The van der Waals surface area contributed by atoms with E-state index in [1.807, 2.05) is 0 Å². The van der Waals surface area contributed by atoms with Crippen LogP contribution in [-0.2, 0) is 16.6 Å². The number of hydrogen-bond donors (Lipinski definition) is 1. The number of benzene rings is 1. The number of alkyl halides is 1. The van der Waals surface area contributed by atoms with Gasteiger partial charge in [0.1, 0.15) is 28.3 Å². The van der Waals surface area contributed by atoms with Crippen molar-refractivity contribution >= 4 is 40.2 Å². The van der Waals surface area contributed by atoms with Gasteiger partial charge in [0.15, 0.2) is 0 Å². The Bertz CT molecular complexity index is 1470. The summed E-state index contributed by atoms with van der Waals surface area (Å²) in [5.41, 5.74) is -0.0775. The Morgan fingerprint density at radius 1 is 1.14 bits per heavy atom. The number of carbonyl (C=O) groups excluding carboxylic acids is 2. The average molecular weight is 517 g/mol. The highest BCUT2D eigenvalue weighted by molar-refractivity contribution is 6.32. The topological polar surface area (TPSA) is 104 Å². The number of nitrogens with zero attached hydrogens (tertiary/aromatic N) is 5. The third-order valence-electron chi connectivity index (χ3n) is 5.04. The van der Waals surface area contributed by atoms with Crippen LogP contribution in [0.15, 0.2) is 36.8 Å². The van der Waals surface area contributed by atoms with Crippen molar-refractivity contribution in [2.75, 3.05) is 5.32 Å². The highest BCUT2D eigenvalue weighted by Crippen LogP contribution is 2.33. The number of fused-ring (bicyclic) bond motifs is 1. The van der Waals surface area contributed by atoms with Crippen LogP contribution in [0.5, 0.6) is 0 Å². The molecule has 0 saturated carbocycles. The molecule has 0 fully saturated rings. The Morgan fingerprint density at radius 3 is 2.36 bits per heavy atom. The fraction of sp³-hybridized carbons (Fsp3) is 0.292. The minimum atomic E-state index is -0.943. The van der Waals surface area contributed by atoms with Crippen LogP contribution in [0.1, 0.15) is 27.7 Å². The highest BCUT2D eigenvalue weighted by Gasteiger charge is 2.25. The summed E-state index contributed by atoms with van der Waals surface area (Å²) in [6.07, 6.45) is 3.81. The van der Waals surface area contributed by atoms with Crippen LogP contribution >= 0.6 is 11.6 Å². The van der Waals surface area contributed by atoms with Gasteiger partial charge in [0.05, 0.1) is 29.2 Å². The number of rotatable bonds is 4. The normalized spacial score (nSPS) is 12.6. The molecule has 3 aromatic heterocycles. The lowest BCUT2D eigenvalue weighted by Crippen LogP contribution is -2.27. The van der Waals surface area contributed by atoms with Gasteiger partial charge >= 0.3 is 6.09 Å². The van der Waals surface area contributed by atoms with E-state index in [-0.39, 0.29) is 16.9 Å². The molecule has 9 nitrogen and oxygen atoms in total. The lowest BCUT2D eigenvalue weighted by atomic mass is 10.1. The molecular weight excluding hydrogens is 494 g/mol. The SMILES string of the molecule is CC(Cl)C(=O)Nc1cc(F)c(-c2cc3c(-c4cnn(C)c4)nn(C(=O)OC(C)(C)C)c3cn2)c(F)c1. The van der Waals surface area contributed by atoms with E-state index in [1.54, 1.807) is 44.9 Å². The Hall–Kier alpha value is -3.86. The third kappa shape index (κ3) is 5.06. The summed E-state index contributed by atoms with van der Waals surface area (Å²) < 4.78 is 38.1. The number of amides is 1. The molecular formula is C24H23ClF2N6O3.